The molecule has 0 spiro atoms. The smallest absolute Gasteiger partial charge is 0.244 e. The first-order valence-corrected chi connectivity index (χ1v) is 15.7. The molecule has 3 aromatic carbocycles. The lowest BCUT2D eigenvalue weighted by Crippen LogP contribution is -2.56. The number of aryl methyl sites for hydroxylation is 2. The number of nitrogens with one attached hydrogen (secondary N) is 1. The van der Waals surface area contributed by atoms with E-state index < -0.39 is 34.1 Å². The van der Waals surface area contributed by atoms with Crippen LogP contribution in [0.1, 0.15) is 43.0 Å². The Bertz CT molecular complexity index is 1450. The number of benzene rings is 3. The molecule has 3 aromatic rings. The minimum atomic E-state index is -3.81. The van der Waals surface area contributed by atoms with E-state index >= 15 is 0 Å². The van der Waals surface area contributed by atoms with Gasteiger partial charge in [0.15, 0.2) is 0 Å². The fourth-order valence-electron chi connectivity index (χ4n) is 4.33. The Balaban J connectivity index is 2.09. The maximum absolute atomic E-state index is 14.1. The summed E-state index contributed by atoms with van der Waals surface area (Å²) in [6.45, 7) is 9.17. The lowest BCUT2D eigenvalue weighted by atomic mass is 10.0. The van der Waals surface area contributed by atoms with Gasteiger partial charge in [0, 0.05) is 23.0 Å². The van der Waals surface area contributed by atoms with Crippen LogP contribution in [0.5, 0.6) is 0 Å². The van der Waals surface area contributed by atoms with Gasteiger partial charge in [-0.15, -0.1) is 0 Å². The first-order chi connectivity index (χ1) is 18.6. The quantitative estimate of drug-likeness (QED) is 0.327. The second-order valence-corrected chi connectivity index (χ2v) is 14.0. The standard InChI is InChI=1S/C31H38BrN3O4S/c1-22-15-16-27(17-23(22)2)35(40(6,38)39)21-29(36)34(20-25-13-10-14-26(32)18-25)28(30(37)33-31(3,4)5)19-24-11-8-7-9-12-24/h7-18,28H,19-21H2,1-6H3,(H,33,37). The highest BCUT2D eigenvalue weighted by Gasteiger charge is 2.34. The maximum Gasteiger partial charge on any atom is 0.244 e. The summed E-state index contributed by atoms with van der Waals surface area (Å²) in [7, 11) is -3.81. The molecule has 0 heterocycles. The lowest BCUT2D eigenvalue weighted by molar-refractivity contribution is -0.140. The van der Waals surface area contributed by atoms with Crippen LogP contribution in [0.2, 0.25) is 0 Å². The van der Waals surface area contributed by atoms with Crippen molar-refractivity contribution in [1.29, 1.82) is 0 Å². The van der Waals surface area contributed by atoms with E-state index in [1.165, 1.54) is 4.90 Å². The van der Waals surface area contributed by atoms with Crippen molar-refractivity contribution >= 4 is 43.5 Å². The highest BCUT2D eigenvalue weighted by atomic mass is 79.9. The molecule has 0 radical (unpaired) electrons. The summed E-state index contributed by atoms with van der Waals surface area (Å²) in [4.78, 5) is 29.4. The van der Waals surface area contributed by atoms with E-state index in [1.807, 2.05) is 95.3 Å². The molecule has 2 amide bonds. The number of rotatable bonds is 10. The second-order valence-electron chi connectivity index (χ2n) is 11.1. The molecule has 1 atom stereocenters. The molecule has 0 saturated heterocycles. The number of anilines is 1. The summed E-state index contributed by atoms with van der Waals surface area (Å²) in [5, 5.41) is 3.03. The molecule has 7 nitrogen and oxygen atoms in total. The zero-order valence-corrected chi connectivity index (χ0v) is 26.3. The predicted octanol–water partition coefficient (Wildman–Crippen LogP) is 5.39. The van der Waals surface area contributed by atoms with Gasteiger partial charge in [-0.05, 0) is 81.1 Å². The maximum atomic E-state index is 14.1. The van der Waals surface area contributed by atoms with E-state index in [2.05, 4.69) is 21.2 Å². The zero-order valence-electron chi connectivity index (χ0n) is 23.9. The van der Waals surface area contributed by atoms with Crippen LogP contribution in [0.25, 0.3) is 0 Å². The van der Waals surface area contributed by atoms with Crippen molar-refractivity contribution in [3.8, 4) is 0 Å². The van der Waals surface area contributed by atoms with E-state index in [4.69, 9.17) is 0 Å². The highest BCUT2D eigenvalue weighted by molar-refractivity contribution is 9.10. The number of hydrogen-bond acceptors (Lipinski definition) is 4. The van der Waals surface area contributed by atoms with Gasteiger partial charge < -0.3 is 10.2 Å². The van der Waals surface area contributed by atoms with Gasteiger partial charge in [0.05, 0.1) is 11.9 Å². The van der Waals surface area contributed by atoms with Crippen molar-refractivity contribution in [3.05, 3.63) is 99.5 Å². The van der Waals surface area contributed by atoms with Crippen molar-refractivity contribution in [2.45, 2.75) is 59.2 Å². The van der Waals surface area contributed by atoms with Crippen molar-refractivity contribution in [2.24, 2.45) is 0 Å². The molecule has 0 saturated carbocycles. The summed E-state index contributed by atoms with van der Waals surface area (Å²) in [5.41, 5.74) is 3.49. The van der Waals surface area contributed by atoms with Crippen molar-refractivity contribution in [2.75, 3.05) is 17.1 Å². The Labute approximate surface area is 246 Å². The second kappa shape index (κ2) is 13.0. The highest BCUT2D eigenvalue weighted by Crippen LogP contribution is 2.23. The van der Waals surface area contributed by atoms with Gasteiger partial charge in [-0.2, -0.15) is 0 Å². The Morgan fingerprint density at radius 3 is 2.12 bits per heavy atom. The molecule has 0 bridgehead atoms. The van der Waals surface area contributed by atoms with Crippen LogP contribution >= 0.6 is 15.9 Å². The van der Waals surface area contributed by atoms with E-state index in [0.29, 0.717) is 5.69 Å². The Hall–Kier alpha value is -3.17. The molecule has 0 aliphatic carbocycles. The van der Waals surface area contributed by atoms with Gasteiger partial charge in [0.1, 0.15) is 12.6 Å². The Kier molecular flexibility index (Phi) is 10.2. The summed E-state index contributed by atoms with van der Waals surface area (Å²) in [5.74, 6) is -0.787. The van der Waals surface area contributed by atoms with Crippen LogP contribution in [-0.2, 0) is 32.6 Å². The number of amides is 2. The average Bonchev–Trinajstić information content (AvgIpc) is 2.85. The molecule has 1 N–H and O–H groups in total. The van der Waals surface area contributed by atoms with Crippen molar-refractivity contribution < 1.29 is 18.0 Å². The lowest BCUT2D eigenvalue weighted by Gasteiger charge is -2.35. The van der Waals surface area contributed by atoms with Gasteiger partial charge in [-0.3, -0.25) is 13.9 Å². The van der Waals surface area contributed by atoms with Gasteiger partial charge in [0.25, 0.3) is 0 Å². The minimum absolute atomic E-state index is 0.123. The van der Waals surface area contributed by atoms with Gasteiger partial charge in [-0.25, -0.2) is 8.42 Å². The van der Waals surface area contributed by atoms with E-state index in [-0.39, 0.29) is 18.9 Å². The summed E-state index contributed by atoms with van der Waals surface area (Å²) in [6, 6.07) is 21.4. The van der Waals surface area contributed by atoms with Crippen LogP contribution in [0.4, 0.5) is 5.69 Å². The third-order valence-corrected chi connectivity index (χ3v) is 8.10. The van der Waals surface area contributed by atoms with E-state index in [9.17, 15) is 18.0 Å². The molecular weight excluding hydrogens is 590 g/mol. The molecule has 0 aliphatic rings. The predicted molar refractivity (Wildman–Crippen MR) is 165 cm³/mol. The summed E-state index contributed by atoms with van der Waals surface area (Å²) < 4.78 is 27.8. The van der Waals surface area contributed by atoms with Gasteiger partial charge >= 0.3 is 0 Å². The number of carbonyl (C=O) groups is 2. The van der Waals surface area contributed by atoms with Crippen molar-refractivity contribution in [1.82, 2.24) is 10.2 Å². The molecule has 40 heavy (non-hydrogen) atoms. The first-order valence-electron chi connectivity index (χ1n) is 13.1. The van der Waals surface area contributed by atoms with Crippen molar-refractivity contribution in [3.63, 3.8) is 0 Å². The van der Waals surface area contributed by atoms with Crippen LogP contribution in [0, 0.1) is 13.8 Å². The van der Waals surface area contributed by atoms with Gasteiger partial charge in [0.2, 0.25) is 21.8 Å². The fraction of sp³-hybridized carbons (Fsp3) is 0.355. The average molecular weight is 629 g/mol. The van der Waals surface area contributed by atoms with E-state index in [1.54, 1.807) is 12.1 Å². The first kappa shape index (κ1) is 31.4. The Morgan fingerprint density at radius 1 is 0.900 bits per heavy atom. The fourth-order valence-corrected chi connectivity index (χ4v) is 5.62. The molecule has 1 unspecified atom stereocenters. The molecule has 3 rings (SSSR count). The molecule has 0 aliphatic heterocycles. The molecule has 0 fully saturated rings. The van der Waals surface area contributed by atoms with Crippen LogP contribution < -0.4 is 9.62 Å². The number of carbonyl (C=O) groups excluding carboxylic acids is 2. The number of hydrogen-bond donors (Lipinski definition) is 1. The normalized spacial score (nSPS) is 12.5. The number of sulfonamides is 1. The van der Waals surface area contributed by atoms with E-state index in [0.717, 1.165) is 37.3 Å². The third kappa shape index (κ3) is 8.93. The monoisotopic (exact) mass is 627 g/mol. The SMILES string of the molecule is Cc1ccc(N(CC(=O)N(Cc2cccc(Br)c2)C(Cc2ccccc2)C(=O)NC(C)(C)C)S(C)(=O)=O)cc1C. The third-order valence-electron chi connectivity index (χ3n) is 6.47. The van der Waals surface area contributed by atoms with Crippen LogP contribution in [0.3, 0.4) is 0 Å². The topological polar surface area (TPSA) is 86.8 Å². The molecule has 214 valence electrons. The zero-order chi connectivity index (χ0) is 29.7. The Morgan fingerprint density at radius 2 is 1.55 bits per heavy atom. The molecular formula is C31H38BrN3O4S. The molecule has 0 aromatic heterocycles. The summed E-state index contributed by atoms with van der Waals surface area (Å²) in [6.07, 6.45) is 1.35. The van der Waals surface area contributed by atoms with Gasteiger partial charge in [-0.1, -0.05) is 64.5 Å². The molecule has 9 heteroatoms. The van der Waals surface area contributed by atoms with Crippen LogP contribution in [-0.4, -0.2) is 49.5 Å². The van der Waals surface area contributed by atoms with Crippen LogP contribution in [0.15, 0.2) is 77.3 Å². The minimum Gasteiger partial charge on any atom is -0.350 e. The number of nitrogens with zero attached hydrogens (tertiary/aromatic N) is 2. The number of halogens is 1. The summed E-state index contributed by atoms with van der Waals surface area (Å²) >= 11 is 3.49. The largest absolute Gasteiger partial charge is 0.350 e.